The summed E-state index contributed by atoms with van der Waals surface area (Å²) in [6.07, 6.45) is 2.37. The molecule has 1 aliphatic rings. The molecule has 0 aromatic heterocycles. The minimum absolute atomic E-state index is 0.00643. The van der Waals surface area contributed by atoms with Crippen LogP contribution in [0.15, 0.2) is 11.0 Å². The first-order valence-electron chi connectivity index (χ1n) is 6.89. The predicted molar refractivity (Wildman–Crippen MR) is 84.5 cm³/mol. The summed E-state index contributed by atoms with van der Waals surface area (Å²) in [6, 6.07) is 1.17. The average Bonchev–Trinajstić information content (AvgIpc) is 2.39. The molecule has 1 saturated carbocycles. The molecule has 2 N–H and O–H groups in total. The van der Waals surface area contributed by atoms with Crippen LogP contribution in [0.2, 0.25) is 10.0 Å². The molecule has 2 rings (SSSR count). The van der Waals surface area contributed by atoms with Crippen molar-refractivity contribution in [3.63, 3.8) is 0 Å². The van der Waals surface area contributed by atoms with Gasteiger partial charge in [-0.15, -0.1) is 0 Å². The molecule has 4 nitrogen and oxygen atoms in total. The number of aliphatic hydroxyl groups excluding tert-OH is 1. The molecule has 0 saturated heterocycles. The molecule has 0 aliphatic heterocycles. The van der Waals surface area contributed by atoms with Gasteiger partial charge in [-0.25, -0.2) is 13.1 Å². The Morgan fingerprint density at radius 2 is 1.86 bits per heavy atom. The maximum atomic E-state index is 12.6. The number of rotatable bonds is 3. The van der Waals surface area contributed by atoms with Gasteiger partial charge in [-0.3, -0.25) is 0 Å². The molecule has 0 amide bonds. The average molecular weight is 352 g/mol. The van der Waals surface area contributed by atoms with Crippen LogP contribution in [0.4, 0.5) is 0 Å². The molecule has 2 unspecified atom stereocenters. The first-order valence-corrected chi connectivity index (χ1v) is 9.13. The molecule has 21 heavy (non-hydrogen) atoms. The van der Waals surface area contributed by atoms with Gasteiger partial charge in [-0.1, -0.05) is 36.0 Å². The minimum atomic E-state index is -3.83. The minimum Gasteiger partial charge on any atom is -0.391 e. The molecular weight excluding hydrogens is 333 g/mol. The smallest absolute Gasteiger partial charge is 0.242 e. The van der Waals surface area contributed by atoms with Crippen molar-refractivity contribution in [3.8, 4) is 0 Å². The highest BCUT2D eigenvalue weighted by molar-refractivity contribution is 7.89. The third-order valence-corrected chi connectivity index (χ3v) is 6.54. The van der Waals surface area contributed by atoms with Gasteiger partial charge in [0.25, 0.3) is 0 Å². The Morgan fingerprint density at radius 1 is 1.24 bits per heavy atom. The number of halogens is 2. The van der Waals surface area contributed by atoms with Crippen LogP contribution in [0.25, 0.3) is 0 Å². The first kappa shape index (κ1) is 17.0. The van der Waals surface area contributed by atoms with Gasteiger partial charge in [0, 0.05) is 11.1 Å². The summed E-state index contributed by atoms with van der Waals surface area (Å²) >= 11 is 12.2. The van der Waals surface area contributed by atoms with E-state index in [0.29, 0.717) is 29.0 Å². The highest BCUT2D eigenvalue weighted by atomic mass is 35.5. The van der Waals surface area contributed by atoms with Crippen molar-refractivity contribution in [1.82, 2.24) is 4.72 Å². The number of benzene rings is 1. The molecule has 1 aromatic rings. The van der Waals surface area contributed by atoms with E-state index in [1.807, 2.05) is 0 Å². The number of aliphatic hydroxyl groups is 1. The predicted octanol–water partition coefficient (Wildman–Crippen LogP) is 3.19. The topological polar surface area (TPSA) is 66.4 Å². The maximum Gasteiger partial charge on any atom is 0.242 e. The van der Waals surface area contributed by atoms with E-state index in [1.54, 1.807) is 19.9 Å². The highest BCUT2D eigenvalue weighted by Gasteiger charge is 2.31. The van der Waals surface area contributed by atoms with Crippen LogP contribution in [0, 0.1) is 13.8 Å². The molecule has 7 heteroatoms. The Labute approximate surface area is 135 Å². The second kappa shape index (κ2) is 6.42. The molecule has 0 spiro atoms. The summed E-state index contributed by atoms with van der Waals surface area (Å²) in [4.78, 5) is 0.00643. The molecule has 1 aromatic carbocycles. The number of hydrogen-bond acceptors (Lipinski definition) is 3. The lowest BCUT2D eigenvalue weighted by Gasteiger charge is -2.28. The lowest BCUT2D eigenvalue weighted by Crippen LogP contribution is -2.45. The van der Waals surface area contributed by atoms with Crippen molar-refractivity contribution in [3.05, 3.63) is 27.2 Å². The van der Waals surface area contributed by atoms with Crippen molar-refractivity contribution in [2.45, 2.75) is 56.6 Å². The van der Waals surface area contributed by atoms with Crippen LogP contribution in [0.3, 0.4) is 0 Å². The molecule has 0 bridgehead atoms. The van der Waals surface area contributed by atoms with Crippen LogP contribution in [0.5, 0.6) is 0 Å². The summed E-state index contributed by atoms with van der Waals surface area (Å²) in [5.74, 6) is 0. The first-order chi connectivity index (χ1) is 9.74. The SMILES string of the molecule is Cc1cc(Cl)c(C)c(S(=O)(=O)NC2CCCCC2O)c1Cl. The van der Waals surface area contributed by atoms with Crippen LogP contribution in [-0.4, -0.2) is 25.7 Å². The standard InChI is InChI=1S/C14H19Cl2NO3S/c1-8-7-10(15)9(2)14(13(8)16)21(19,20)17-11-5-3-4-6-12(11)18/h7,11-12,17-18H,3-6H2,1-2H3. The van der Waals surface area contributed by atoms with Crippen LogP contribution in [0.1, 0.15) is 36.8 Å². The molecule has 1 fully saturated rings. The van der Waals surface area contributed by atoms with Gasteiger partial charge in [0.05, 0.1) is 11.1 Å². The van der Waals surface area contributed by atoms with Gasteiger partial charge in [-0.05, 0) is 43.9 Å². The van der Waals surface area contributed by atoms with E-state index in [4.69, 9.17) is 23.2 Å². The van der Waals surface area contributed by atoms with Gasteiger partial charge in [0.1, 0.15) is 4.90 Å². The fraction of sp³-hybridized carbons (Fsp3) is 0.571. The Morgan fingerprint density at radius 3 is 2.48 bits per heavy atom. The van der Waals surface area contributed by atoms with E-state index in [1.165, 1.54) is 0 Å². The Kier molecular flexibility index (Phi) is 5.21. The quantitative estimate of drug-likeness (QED) is 0.878. The van der Waals surface area contributed by atoms with Gasteiger partial charge in [0.15, 0.2) is 0 Å². The fourth-order valence-corrected chi connectivity index (χ4v) is 5.16. The van der Waals surface area contributed by atoms with E-state index in [0.717, 1.165) is 12.8 Å². The number of hydrogen-bond donors (Lipinski definition) is 2. The largest absolute Gasteiger partial charge is 0.391 e. The van der Waals surface area contributed by atoms with E-state index in [9.17, 15) is 13.5 Å². The van der Waals surface area contributed by atoms with Crippen molar-refractivity contribution < 1.29 is 13.5 Å². The van der Waals surface area contributed by atoms with Gasteiger partial charge in [-0.2, -0.15) is 0 Å². The second-order valence-electron chi connectivity index (χ2n) is 5.52. The van der Waals surface area contributed by atoms with Crippen molar-refractivity contribution >= 4 is 33.2 Å². The Balaban J connectivity index is 2.40. The third kappa shape index (κ3) is 3.54. The van der Waals surface area contributed by atoms with Crippen molar-refractivity contribution in [2.24, 2.45) is 0 Å². The second-order valence-corrected chi connectivity index (χ2v) is 7.96. The van der Waals surface area contributed by atoms with E-state index in [2.05, 4.69) is 4.72 Å². The summed E-state index contributed by atoms with van der Waals surface area (Å²) < 4.78 is 27.8. The molecule has 118 valence electrons. The van der Waals surface area contributed by atoms with Crippen LogP contribution < -0.4 is 4.72 Å². The number of aryl methyl sites for hydroxylation is 1. The maximum absolute atomic E-state index is 12.6. The van der Waals surface area contributed by atoms with Crippen molar-refractivity contribution in [1.29, 1.82) is 0 Å². The highest BCUT2D eigenvalue weighted by Crippen LogP contribution is 2.34. The monoisotopic (exact) mass is 351 g/mol. The fourth-order valence-electron chi connectivity index (χ4n) is 2.64. The third-order valence-electron chi connectivity index (χ3n) is 3.89. The lowest BCUT2D eigenvalue weighted by molar-refractivity contribution is 0.101. The molecule has 2 atom stereocenters. The number of sulfonamides is 1. The zero-order valence-corrected chi connectivity index (χ0v) is 14.3. The number of nitrogens with one attached hydrogen (secondary N) is 1. The normalized spacial score (nSPS) is 23.3. The van der Waals surface area contributed by atoms with E-state index in [-0.39, 0.29) is 9.92 Å². The summed E-state index contributed by atoms with van der Waals surface area (Å²) in [6.45, 7) is 3.33. The summed E-state index contributed by atoms with van der Waals surface area (Å²) in [7, 11) is -3.83. The zero-order chi connectivity index (χ0) is 15.8. The van der Waals surface area contributed by atoms with E-state index < -0.39 is 22.2 Å². The van der Waals surface area contributed by atoms with E-state index >= 15 is 0 Å². The lowest BCUT2D eigenvalue weighted by atomic mass is 9.93. The zero-order valence-electron chi connectivity index (χ0n) is 12.0. The van der Waals surface area contributed by atoms with Gasteiger partial charge >= 0.3 is 0 Å². The van der Waals surface area contributed by atoms with Crippen molar-refractivity contribution in [2.75, 3.05) is 0 Å². The molecule has 0 heterocycles. The van der Waals surface area contributed by atoms with Crippen LogP contribution >= 0.6 is 23.2 Å². The van der Waals surface area contributed by atoms with Gasteiger partial charge in [0.2, 0.25) is 10.0 Å². The molecule has 1 aliphatic carbocycles. The Bertz CT molecular complexity index is 620. The van der Waals surface area contributed by atoms with Gasteiger partial charge < -0.3 is 5.11 Å². The molecule has 0 radical (unpaired) electrons. The Hall–Kier alpha value is -0.330. The van der Waals surface area contributed by atoms with Crippen LogP contribution in [-0.2, 0) is 10.0 Å². The summed E-state index contributed by atoms with van der Waals surface area (Å²) in [5, 5.41) is 10.5. The summed E-state index contributed by atoms with van der Waals surface area (Å²) in [5.41, 5.74) is 1.03. The molecular formula is C14H19Cl2NO3S.